The zero-order valence-corrected chi connectivity index (χ0v) is 9.85. The molecule has 5 heteroatoms. The Morgan fingerprint density at radius 3 is 2.88 bits per heavy atom. The highest BCUT2D eigenvalue weighted by molar-refractivity contribution is 5.91. The number of pyridine rings is 1. The van der Waals surface area contributed by atoms with E-state index in [4.69, 9.17) is 5.73 Å². The van der Waals surface area contributed by atoms with E-state index >= 15 is 0 Å². The lowest BCUT2D eigenvalue weighted by Crippen LogP contribution is -2.26. The van der Waals surface area contributed by atoms with E-state index in [2.05, 4.69) is 15.2 Å². The van der Waals surface area contributed by atoms with Crippen LogP contribution in [-0.2, 0) is 0 Å². The molecule has 1 saturated heterocycles. The summed E-state index contributed by atoms with van der Waals surface area (Å²) >= 11 is 0. The molecule has 0 radical (unpaired) electrons. The van der Waals surface area contributed by atoms with Gasteiger partial charge in [-0.2, -0.15) is 0 Å². The maximum absolute atomic E-state index is 11.0. The molecule has 92 valence electrons. The van der Waals surface area contributed by atoms with Crippen molar-refractivity contribution < 1.29 is 4.79 Å². The van der Waals surface area contributed by atoms with Crippen LogP contribution in [0.15, 0.2) is 18.2 Å². The van der Waals surface area contributed by atoms with Gasteiger partial charge in [0.15, 0.2) is 0 Å². The van der Waals surface area contributed by atoms with Gasteiger partial charge in [0.2, 0.25) is 0 Å². The Labute approximate surface area is 101 Å². The predicted molar refractivity (Wildman–Crippen MR) is 66.9 cm³/mol. The Morgan fingerprint density at radius 1 is 1.41 bits per heavy atom. The van der Waals surface area contributed by atoms with Crippen molar-refractivity contribution in [1.82, 2.24) is 9.88 Å². The number of carbonyl (C=O) groups excluding carboxylic acids is 1. The molecule has 0 bridgehead atoms. The maximum atomic E-state index is 11.0. The average molecular weight is 234 g/mol. The van der Waals surface area contributed by atoms with E-state index < -0.39 is 5.91 Å². The number of nitrogens with zero attached hydrogens (tertiary/aromatic N) is 2. The van der Waals surface area contributed by atoms with Crippen LogP contribution >= 0.6 is 0 Å². The van der Waals surface area contributed by atoms with Gasteiger partial charge < -0.3 is 16.0 Å². The molecule has 17 heavy (non-hydrogen) atoms. The van der Waals surface area contributed by atoms with Crippen LogP contribution < -0.4 is 11.1 Å². The first kappa shape index (κ1) is 11.9. The number of nitrogens with one attached hydrogen (secondary N) is 1. The molecule has 5 nitrogen and oxygen atoms in total. The normalized spacial score (nSPS) is 16.0. The van der Waals surface area contributed by atoms with Crippen LogP contribution in [0.1, 0.15) is 23.3 Å². The van der Waals surface area contributed by atoms with E-state index in [1.807, 2.05) is 6.07 Å². The van der Waals surface area contributed by atoms with Gasteiger partial charge in [-0.3, -0.25) is 4.79 Å². The second kappa shape index (κ2) is 5.63. The van der Waals surface area contributed by atoms with Crippen molar-refractivity contribution in [1.29, 1.82) is 0 Å². The van der Waals surface area contributed by atoms with E-state index in [0.717, 1.165) is 13.1 Å². The first-order valence-electron chi connectivity index (χ1n) is 5.99. The third kappa shape index (κ3) is 3.42. The Balaban J connectivity index is 1.81. The lowest BCUT2D eigenvalue weighted by atomic mass is 10.3. The average Bonchev–Trinajstić information content (AvgIpc) is 2.82. The lowest BCUT2D eigenvalue weighted by Gasteiger charge is -2.15. The van der Waals surface area contributed by atoms with Crippen LogP contribution in [-0.4, -0.2) is 42.0 Å². The largest absolute Gasteiger partial charge is 0.369 e. The minimum atomic E-state index is -0.492. The van der Waals surface area contributed by atoms with E-state index in [0.29, 0.717) is 11.5 Å². The van der Waals surface area contributed by atoms with Crippen molar-refractivity contribution in [2.45, 2.75) is 12.8 Å². The van der Waals surface area contributed by atoms with Crippen LogP contribution in [0.4, 0.5) is 5.82 Å². The van der Waals surface area contributed by atoms with Crippen LogP contribution in [0.5, 0.6) is 0 Å². The monoisotopic (exact) mass is 234 g/mol. The fraction of sp³-hybridized carbons (Fsp3) is 0.500. The second-order valence-corrected chi connectivity index (χ2v) is 4.25. The summed E-state index contributed by atoms with van der Waals surface area (Å²) in [5, 5.41) is 3.21. The summed E-state index contributed by atoms with van der Waals surface area (Å²) in [6.45, 7) is 4.24. The fourth-order valence-electron chi connectivity index (χ4n) is 2.02. The Morgan fingerprint density at radius 2 is 2.18 bits per heavy atom. The number of primary amides is 1. The maximum Gasteiger partial charge on any atom is 0.267 e. The number of nitrogens with two attached hydrogens (primary N) is 1. The molecule has 0 aliphatic carbocycles. The number of anilines is 1. The van der Waals surface area contributed by atoms with Crippen LogP contribution in [0.2, 0.25) is 0 Å². The van der Waals surface area contributed by atoms with Gasteiger partial charge >= 0.3 is 0 Å². The molecule has 0 atom stereocenters. The summed E-state index contributed by atoms with van der Waals surface area (Å²) in [6.07, 6.45) is 2.60. The van der Waals surface area contributed by atoms with Crippen molar-refractivity contribution in [3.63, 3.8) is 0 Å². The first-order chi connectivity index (χ1) is 8.25. The number of likely N-dealkylation sites (tertiary alicyclic amines) is 1. The van der Waals surface area contributed by atoms with Gasteiger partial charge in [0, 0.05) is 13.1 Å². The highest BCUT2D eigenvalue weighted by atomic mass is 16.1. The summed E-state index contributed by atoms with van der Waals surface area (Å²) in [6, 6.07) is 5.25. The molecule has 0 saturated carbocycles. The van der Waals surface area contributed by atoms with Gasteiger partial charge in [-0.15, -0.1) is 0 Å². The number of amides is 1. The molecule has 1 fully saturated rings. The second-order valence-electron chi connectivity index (χ2n) is 4.25. The summed E-state index contributed by atoms with van der Waals surface area (Å²) in [7, 11) is 0. The van der Waals surface area contributed by atoms with Crippen LogP contribution in [0.25, 0.3) is 0 Å². The molecule has 0 spiro atoms. The SMILES string of the molecule is NC(=O)c1cccc(NCCN2CCCC2)n1. The number of hydrogen-bond donors (Lipinski definition) is 2. The molecular formula is C12H18N4O. The zero-order valence-electron chi connectivity index (χ0n) is 9.85. The van der Waals surface area contributed by atoms with Gasteiger partial charge in [-0.25, -0.2) is 4.98 Å². The summed E-state index contributed by atoms with van der Waals surface area (Å²) < 4.78 is 0. The van der Waals surface area contributed by atoms with Crippen LogP contribution in [0, 0.1) is 0 Å². The molecule has 1 aliphatic rings. The van der Waals surface area contributed by atoms with Crippen molar-refractivity contribution >= 4 is 11.7 Å². The standard InChI is InChI=1S/C12H18N4O/c13-12(17)10-4-3-5-11(15-10)14-6-9-16-7-1-2-8-16/h3-5H,1-2,6-9H2,(H2,13,17)(H,14,15). The summed E-state index contributed by atoms with van der Waals surface area (Å²) in [4.78, 5) is 17.5. The molecule has 1 aromatic rings. The number of carbonyl (C=O) groups is 1. The van der Waals surface area contributed by atoms with E-state index in [-0.39, 0.29) is 0 Å². The van der Waals surface area contributed by atoms with Crippen LogP contribution in [0.3, 0.4) is 0 Å². The van der Waals surface area contributed by atoms with E-state index in [1.165, 1.54) is 25.9 Å². The Kier molecular flexibility index (Phi) is 3.93. The Hall–Kier alpha value is -1.62. The van der Waals surface area contributed by atoms with Gasteiger partial charge in [0.25, 0.3) is 5.91 Å². The summed E-state index contributed by atoms with van der Waals surface area (Å²) in [5.41, 5.74) is 5.48. The Bertz CT molecular complexity index is 388. The van der Waals surface area contributed by atoms with Crippen molar-refractivity contribution in [2.24, 2.45) is 5.73 Å². The fourth-order valence-corrected chi connectivity index (χ4v) is 2.02. The topological polar surface area (TPSA) is 71.2 Å². The molecule has 1 aliphatic heterocycles. The van der Waals surface area contributed by atoms with E-state index in [1.54, 1.807) is 12.1 Å². The first-order valence-corrected chi connectivity index (χ1v) is 5.99. The molecular weight excluding hydrogens is 216 g/mol. The zero-order chi connectivity index (χ0) is 12.1. The molecule has 2 rings (SSSR count). The highest BCUT2D eigenvalue weighted by Crippen LogP contribution is 2.07. The number of hydrogen-bond acceptors (Lipinski definition) is 4. The van der Waals surface area contributed by atoms with Crippen molar-refractivity contribution in [3.8, 4) is 0 Å². The number of aromatic nitrogens is 1. The summed E-state index contributed by atoms with van der Waals surface area (Å²) in [5.74, 6) is 0.216. The van der Waals surface area contributed by atoms with Crippen molar-refractivity contribution in [2.75, 3.05) is 31.5 Å². The number of rotatable bonds is 5. The third-order valence-electron chi connectivity index (χ3n) is 2.93. The lowest BCUT2D eigenvalue weighted by molar-refractivity contribution is 0.0995. The predicted octanol–water partition coefficient (Wildman–Crippen LogP) is 0.688. The molecule has 3 N–H and O–H groups in total. The van der Waals surface area contributed by atoms with Crippen molar-refractivity contribution in [3.05, 3.63) is 23.9 Å². The molecule has 2 heterocycles. The van der Waals surface area contributed by atoms with Gasteiger partial charge in [-0.1, -0.05) is 6.07 Å². The molecule has 0 aromatic carbocycles. The molecule has 0 unspecified atom stereocenters. The van der Waals surface area contributed by atoms with E-state index in [9.17, 15) is 4.79 Å². The molecule has 1 aromatic heterocycles. The minimum absolute atomic E-state index is 0.302. The quantitative estimate of drug-likeness (QED) is 0.786. The minimum Gasteiger partial charge on any atom is -0.369 e. The van der Waals surface area contributed by atoms with Gasteiger partial charge in [0.05, 0.1) is 0 Å². The smallest absolute Gasteiger partial charge is 0.267 e. The molecule has 1 amide bonds. The van der Waals surface area contributed by atoms with Gasteiger partial charge in [-0.05, 0) is 38.1 Å². The highest BCUT2D eigenvalue weighted by Gasteiger charge is 2.10. The third-order valence-corrected chi connectivity index (χ3v) is 2.93. The van der Waals surface area contributed by atoms with Gasteiger partial charge in [0.1, 0.15) is 11.5 Å².